The van der Waals surface area contributed by atoms with E-state index in [0.29, 0.717) is 49.5 Å². The van der Waals surface area contributed by atoms with Gasteiger partial charge in [0.1, 0.15) is 0 Å². The minimum Gasteiger partial charge on any atom is -0.396 e. The van der Waals surface area contributed by atoms with Crippen LogP contribution in [0.15, 0.2) is 54.6 Å². The second-order valence-electron chi connectivity index (χ2n) is 10.2. The lowest BCUT2D eigenvalue weighted by Gasteiger charge is -2.30. The number of amides is 3. The minimum absolute atomic E-state index is 0.0183. The molecular weight excluding hydrogens is 498 g/mol. The van der Waals surface area contributed by atoms with Gasteiger partial charge in [-0.15, -0.1) is 0 Å². The molecule has 3 amide bonds. The number of rotatable bonds is 8. The van der Waals surface area contributed by atoms with Gasteiger partial charge in [-0.05, 0) is 42.3 Å². The van der Waals surface area contributed by atoms with Crippen molar-refractivity contribution >= 4 is 34.8 Å². The highest BCUT2D eigenvalue weighted by atomic mass is 16.3. The van der Waals surface area contributed by atoms with Gasteiger partial charge in [0.15, 0.2) is 5.60 Å². The Morgan fingerprint density at radius 2 is 1.56 bits per heavy atom. The monoisotopic (exact) mass is 533 g/mol. The molecule has 5 rings (SSSR count). The van der Waals surface area contributed by atoms with Crippen molar-refractivity contribution < 1.29 is 24.6 Å². The van der Waals surface area contributed by atoms with Crippen molar-refractivity contribution in [3.63, 3.8) is 0 Å². The van der Waals surface area contributed by atoms with Gasteiger partial charge in [0, 0.05) is 55.6 Å². The fourth-order valence-corrected chi connectivity index (χ4v) is 5.50. The van der Waals surface area contributed by atoms with Crippen molar-refractivity contribution in [2.45, 2.75) is 25.5 Å². The molecule has 2 aromatic rings. The summed E-state index contributed by atoms with van der Waals surface area (Å²) in [4.78, 5) is 43.7. The molecule has 10 heteroatoms. The molecule has 0 bridgehead atoms. The summed E-state index contributed by atoms with van der Waals surface area (Å²) in [5.74, 6) is -1.06. The second-order valence-corrected chi connectivity index (χ2v) is 10.2. The van der Waals surface area contributed by atoms with Gasteiger partial charge in [0.25, 0.3) is 5.91 Å². The summed E-state index contributed by atoms with van der Waals surface area (Å²) in [6.45, 7) is 5.04. The molecule has 0 aliphatic carbocycles. The van der Waals surface area contributed by atoms with E-state index in [1.54, 1.807) is 45.9 Å². The fourth-order valence-electron chi connectivity index (χ4n) is 5.50. The Hall–Kier alpha value is -3.57. The van der Waals surface area contributed by atoms with Crippen LogP contribution in [0.1, 0.15) is 24.5 Å². The third kappa shape index (κ3) is 5.08. The number of hydrogen-bond donors (Lipinski definition) is 4. The summed E-state index contributed by atoms with van der Waals surface area (Å²) in [6, 6.07) is 12.9. The van der Waals surface area contributed by atoms with Crippen molar-refractivity contribution in [1.82, 2.24) is 10.6 Å². The molecule has 3 heterocycles. The first kappa shape index (κ1) is 27.0. The van der Waals surface area contributed by atoms with Gasteiger partial charge in [-0.2, -0.15) is 0 Å². The lowest BCUT2D eigenvalue weighted by atomic mass is 9.82. The minimum atomic E-state index is -1.83. The van der Waals surface area contributed by atoms with Gasteiger partial charge in [0.2, 0.25) is 11.8 Å². The number of aliphatic hydroxyl groups is 2. The Kier molecular flexibility index (Phi) is 7.81. The third-order valence-corrected chi connectivity index (χ3v) is 7.71. The zero-order valence-corrected chi connectivity index (χ0v) is 22.1. The van der Waals surface area contributed by atoms with Crippen LogP contribution in [0.5, 0.6) is 0 Å². The maximum absolute atomic E-state index is 13.9. The van der Waals surface area contributed by atoms with E-state index in [1.165, 1.54) is 0 Å². The van der Waals surface area contributed by atoms with Crippen LogP contribution < -0.4 is 25.3 Å². The highest BCUT2D eigenvalue weighted by Crippen LogP contribution is 2.47. The van der Waals surface area contributed by atoms with E-state index in [4.69, 9.17) is 0 Å². The molecule has 4 N–H and O–H groups in total. The topological polar surface area (TPSA) is 125 Å². The van der Waals surface area contributed by atoms with Crippen LogP contribution in [0.2, 0.25) is 0 Å². The van der Waals surface area contributed by atoms with Crippen LogP contribution in [0.3, 0.4) is 0 Å². The van der Waals surface area contributed by atoms with Crippen molar-refractivity contribution in [3.05, 3.63) is 65.7 Å². The number of nitrogens with one attached hydrogen (secondary N) is 2. The van der Waals surface area contributed by atoms with Gasteiger partial charge in [-0.3, -0.25) is 14.4 Å². The maximum Gasteiger partial charge on any atom is 0.264 e. The molecule has 3 aliphatic heterocycles. The van der Waals surface area contributed by atoms with Crippen molar-refractivity contribution in [1.29, 1.82) is 0 Å². The Labute approximate surface area is 227 Å². The number of fused-ring (bicyclic) bond motifs is 1. The van der Waals surface area contributed by atoms with Gasteiger partial charge < -0.3 is 35.5 Å². The molecule has 39 heavy (non-hydrogen) atoms. The zero-order chi connectivity index (χ0) is 27.6. The van der Waals surface area contributed by atoms with Crippen molar-refractivity contribution in [3.8, 4) is 0 Å². The lowest BCUT2D eigenvalue weighted by Crippen LogP contribution is -2.48. The van der Waals surface area contributed by atoms with Crippen molar-refractivity contribution in [2.24, 2.45) is 5.92 Å². The number of nitrogens with zero attached hydrogens (tertiary/aromatic N) is 3. The van der Waals surface area contributed by atoms with E-state index in [2.05, 4.69) is 10.6 Å². The first-order valence-electron chi connectivity index (χ1n) is 13.4. The summed E-state index contributed by atoms with van der Waals surface area (Å²) in [7, 11) is 0. The summed E-state index contributed by atoms with van der Waals surface area (Å²) >= 11 is 0. The molecular formula is C29H35N5O5. The SMILES string of the molecule is C[C@@H](/C=C/CCO)[C@]1(O)C(=O)N(Cc2ccc(N3CCNCC3=O)cc2)c2ccc(N3CCNCC3=O)cc21. The average Bonchev–Trinajstić information content (AvgIpc) is 3.16. The van der Waals surface area contributed by atoms with Crippen molar-refractivity contribution in [2.75, 3.05) is 60.6 Å². The van der Waals surface area contributed by atoms with Gasteiger partial charge in [0.05, 0.1) is 25.3 Å². The van der Waals surface area contributed by atoms with E-state index in [1.807, 2.05) is 30.3 Å². The Bertz CT molecular complexity index is 1280. The molecule has 10 nitrogen and oxygen atoms in total. The van der Waals surface area contributed by atoms with E-state index in [9.17, 15) is 24.6 Å². The standard InChI is InChI=1S/C29H35N5O5/c1-20(4-2-3-15-35)29(39)24-16-23(33-14-12-31-18-27(33)37)9-10-25(24)34(28(29)38)19-21-5-7-22(8-6-21)32-13-11-30-17-26(32)36/h2,4-10,16,20,30-31,35,39H,3,11-15,17-19H2,1H3/b4-2+/t20-,29+/m0/s1. The van der Waals surface area contributed by atoms with Crippen LogP contribution in [0, 0.1) is 5.92 Å². The predicted octanol–water partition coefficient (Wildman–Crippen LogP) is 0.868. The van der Waals surface area contributed by atoms with Crippen LogP contribution in [0.4, 0.5) is 17.1 Å². The molecule has 3 aliphatic rings. The molecule has 0 saturated carbocycles. The average molecular weight is 534 g/mol. The van der Waals surface area contributed by atoms with E-state index in [-0.39, 0.29) is 31.5 Å². The molecule has 2 fully saturated rings. The summed E-state index contributed by atoms with van der Waals surface area (Å²) in [5.41, 5.74) is 1.53. The molecule has 2 saturated heterocycles. The zero-order valence-electron chi connectivity index (χ0n) is 22.1. The first-order valence-corrected chi connectivity index (χ1v) is 13.4. The molecule has 2 atom stereocenters. The fraction of sp³-hybridized carbons (Fsp3) is 0.414. The van der Waals surface area contributed by atoms with E-state index >= 15 is 0 Å². The predicted molar refractivity (Wildman–Crippen MR) is 148 cm³/mol. The first-order chi connectivity index (χ1) is 18.8. The summed E-state index contributed by atoms with van der Waals surface area (Å²) < 4.78 is 0. The highest BCUT2D eigenvalue weighted by molar-refractivity contribution is 6.08. The maximum atomic E-state index is 13.9. The number of aliphatic hydroxyl groups excluding tert-OH is 1. The Morgan fingerprint density at radius 1 is 0.949 bits per heavy atom. The van der Waals surface area contributed by atoms with E-state index < -0.39 is 17.4 Å². The van der Waals surface area contributed by atoms with Gasteiger partial charge >= 0.3 is 0 Å². The van der Waals surface area contributed by atoms with Crippen LogP contribution >= 0.6 is 0 Å². The van der Waals surface area contributed by atoms with Crippen LogP contribution in [0.25, 0.3) is 0 Å². The smallest absolute Gasteiger partial charge is 0.264 e. The largest absolute Gasteiger partial charge is 0.396 e. The highest BCUT2D eigenvalue weighted by Gasteiger charge is 2.52. The summed E-state index contributed by atoms with van der Waals surface area (Å²) in [6.07, 6.45) is 3.93. The number of carbonyl (C=O) groups is 3. The quantitative estimate of drug-likeness (QED) is 0.371. The number of carbonyl (C=O) groups excluding carboxylic acids is 3. The molecule has 0 radical (unpaired) electrons. The Balaban J connectivity index is 1.47. The normalized spacial score (nSPS) is 22.6. The lowest BCUT2D eigenvalue weighted by molar-refractivity contribution is -0.139. The van der Waals surface area contributed by atoms with Crippen LogP contribution in [-0.4, -0.2) is 73.8 Å². The van der Waals surface area contributed by atoms with E-state index in [0.717, 1.165) is 17.8 Å². The third-order valence-electron chi connectivity index (χ3n) is 7.71. The molecule has 206 valence electrons. The summed E-state index contributed by atoms with van der Waals surface area (Å²) in [5, 5.41) is 27.3. The molecule has 0 aromatic heterocycles. The molecule has 0 unspecified atom stereocenters. The van der Waals surface area contributed by atoms with Crippen LogP contribution in [-0.2, 0) is 26.5 Å². The van der Waals surface area contributed by atoms with Gasteiger partial charge in [-0.25, -0.2) is 0 Å². The van der Waals surface area contributed by atoms with Gasteiger partial charge in [-0.1, -0.05) is 31.2 Å². The second kappa shape index (κ2) is 11.3. The number of anilines is 3. The number of benzene rings is 2. The Morgan fingerprint density at radius 3 is 2.18 bits per heavy atom. The molecule has 2 aromatic carbocycles. The number of piperazine rings is 2. The molecule has 0 spiro atoms. The number of hydrogen-bond acceptors (Lipinski definition) is 7.